The number of nitrogens with zero attached hydrogens (tertiary/aromatic N) is 6. The lowest BCUT2D eigenvalue weighted by Crippen LogP contribution is -2.42. The molecule has 2 amide bonds. The van der Waals surface area contributed by atoms with Crippen molar-refractivity contribution in [3.63, 3.8) is 0 Å². The summed E-state index contributed by atoms with van der Waals surface area (Å²) in [5.41, 5.74) is 7.94. The van der Waals surface area contributed by atoms with Crippen molar-refractivity contribution in [2.45, 2.75) is 41.5 Å². The van der Waals surface area contributed by atoms with Crippen LogP contribution in [0, 0.1) is 22.7 Å². The Hall–Kier alpha value is -3.26. The molecule has 10 nitrogen and oxygen atoms in total. The molecule has 0 unspecified atom stereocenters. The van der Waals surface area contributed by atoms with Crippen LogP contribution in [-0.2, 0) is 9.59 Å². The molecule has 0 aliphatic carbocycles. The Labute approximate surface area is 193 Å². The van der Waals surface area contributed by atoms with Gasteiger partial charge in [-0.15, -0.1) is 0 Å². The van der Waals surface area contributed by atoms with Crippen LogP contribution in [-0.4, -0.2) is 85.9 Å². The fourth-order valence-electron chi connectivity index (χ4n) is 1.61. The molecule has 0 rings (SSSR count). The Kier molecular flexibility index (Phi) is 23.7. The molecule has 32 heavy (non-hydrogen) atoms. The third kappa shape index (κ3) is 18.7. The maximum atomic E-state index is 9.90. The van der Waals surface area contributed by atoms with Gasteiger partial charge in [-0.05, 0) is 41.5 Å². The molecule has 0 bridgehead atoms. The van der Waals surface area contributed by atoms with Crippen molar-refractivity contribution >= 4 is 23.6 Å². The van der Waals surface area contributed by atoms with Gasteiger partial charge in [0.25, 0.3) is 11.8 Å². The number of amides is 2. The van der Waals surface area contributed by atoms with Crippen molar-refractivity contribution in [2.75, 3.05) is 53.4 Å². The van der Waals surface area contributed by atoms with Crippen LogP contribution in [0.4, 0.5) is 0 Å². The average Bonchev–Trinajstić information content (AvgIpc) is 2.80. The molecule has 0 spiro atoms. The zero-order valence-electron chi connectivity index (χ0n) is 20.9. The second-order valence-corrected chi connectivity index (χ2v) is 7.06. The van der Waals surface area contributed by atoms with E-state index in [-0.39, 0.29) is 0 Å². The number of rotatable bonds is 8. The third-order valence-corrected chi connectivity index (χ3v) is 5.52. The van der Waals surface area contributed by atoms with E-state index < -0.39 is 23.0 Å². The molecule has 10 heteroatoms. The molecule has 0 saturated carbocycles. The zero-order valence-corrected chi connectivity index (χ0v) is 20.9. The smallest absolute Gasteiger partial charge is 0.265 e. The minimum atomic E-state index is -0.977. The van der Waals surface area contributed by atoms with Gasteiger partial charge in [0.05, 0.1) is 53.4 Å². The van der Waals surface area contributed by atoms with Gasteiger partial charge in [0.2, 0.25) is 0 Å². The summed E-state index contributed by atoms with van der Waals surface area (Å²) >= 11 is 0. The summed E-state index contributed by atoms with van der Waals surface area (Å²) in [7, 11) is 4.58. The monoisotopic (exact) mass is 448 g/mol. The fourth-order valence-corrected chi connectivity index (χ4v) is 1.61. The van der Waals surface area contributed by atoms with Crippen LogP contribution in [0.3, 0.4) is 0 Å². The van der Waals surface area contributed by atoms with Crippen molar-refractivity contribution in [3.05, 3.63) is 22.0 Å². The molecular formula is C22H40N8O2. The zero-order chi connectivity index (χ0) is 26.4. The van der Waals surface area contributed by atoms with Crippen molar-refractivity contribution in [2.24, 2.45) is 11.5 Å². The number of quaternary nitrogens is 2. The third-order valence-electron chi connectivity index (χ3n) is 5.52. The molecule has 0 atom stereocenters. The van der Waals surface area contributed by atoms with Gasteiger partial charge in [0.15, 0.2) is 0 Å². The SMILES string of the molecule is CC[N+](C)(CC)CC.CC[N+](C)(CC)CC.N#CC(=C=[N-])C(N)=O.N#CC(=C=[N-])C(N)=O. The van der Waals surface area contributed by atoms with E-state index in [1.54, 1.807) is 0 Å². The van der Waals surface area contributed by atoms with Crippen LogP contribution in [0.1, 0.15) is 41.5 Å². The summed E-state index contributed by atoms with van der Waals surface area (Å²) in [6.07, 6.45) is 0. The number of hydrogen-bond donors (Lipinski definition) is 2. The van der Waals surface area contributed by atoms with Crippen molar-refractivity contribution in [3.8, 4) is 12.1 Å². The topological polar surface area (TPSA) is 178 Å². The first-order chi connectivity index (χ1) is 14.8. The van der Waals surface area contributed by atoms with Crippen LogP contribution < -0.4 is 11.5 Å². The highest BCUT2D eigenvalue weighted by atomic mass is 16.1. The first-order valence-electron chi connectivity index (χ1n) is 10.4. The molecular weight excluding hydrogens is 408 g/mol. The van der Waals surface area contributed by atoms with Crippen LogP contribution in [0.2, 0.25) is 0 Å². The second kappa shape index (κ2) is 21.0. The lowest BCUT2D eigenvalue weighted by Gasteiger charge is -2.30. The molecule has 0 aromatic carbocycles. The van der Waals surface area contributed by atoms with Crippen LogP contribution in [0.15, 0.2) is 11.1 Å². The van der Waals surface area contributed by atoms with Crippen LogP contribution in [0.25, 0.3) is 10.8 Å². The van der Waals surface area contributed by atoms with Crippen molar-refractivity contribution in [1.29, 1.82) is 10.5 Å². The van der Waals surface area contributed by atoms with Crippen LogP contribution >= 0.6 is 0 Å². The number of nitrogens with two attached hydrogens (primary N) is 2. The fraction of sp³-hybridized carbons (Fsp3) is 0.636. The van der Waals surface area contributed by atoms with Gasteiger partial charge in [0.1, 0.15) is 23.3 Å². The summed E-state index contributed by atoms with van der Waals surface area (Å²) in [5.74, 6) is 0.711. The lowest BCUT2D eigenvalue weighted by atomic mass is 10.3. The quantitative estimate of drug-likeness (QED) is 0.246. The van der Waals surface area contributed by atoms with Crippen LogP contribution in [0.5, 0.6) is 0 Å². The molecule has 0 radical (unpaired) electrons. The molecule has 0 heterocycles. The molecule has 0 saturated heterocycles. The number of carbonyl (C=O) groups excluding carboxylic acids is 2. The molecule has 0 aliphatic rings. The van der Waals surface area contributed by atoms with Gasteiger partial charge in [0, 0.05) is 0 Å². The number of primary amides is 2. The number of nitriles is 2. The molecule has 0 aromatic heterocycles. The lowest BCUT2D eigenvalue weighted by molar-refractivity contribution is -0.904. The van der Waals surface area contributed by atoms with E-state index in [1.807, 2.05) is 0 Å². The van der Waals surface area contributed by atoms with Gasteiger partial charge in [-0.2, -0.15) is 10.5 Å². The second-order valence-electron chi connectivity index (χ2n) is 7.06. The number of carbonyl (C=O) groups is 2. The van der Waals surface area contributed by atoms with E-state index >= 15 is 0 Å². The van der Waals surface area contributed by atoms with E-state index in [2.05, 4.69) is 67.1 Å². The molecule has 4 N–H and O–H groups in total. The van der Waals surface area contributed by atoms with E-state index in [1.165, 1.54) is 72.1 Å². The Morgan fingerprint density at radius 2 is 0.844 bits per heavy atom. The maximum Gasteiger partial charge on any atom is 0.265 e. The standard InChI is InChI=1S/2C7H18N.2C4H2N3O/c2*1-5-8(4,6-2)7-3;2*5-1-3(2-6)4(7)8/h2*5-7H2,1-4H3;2*(H2,7,8)/q2*+1;2*-1. The highest BCUT2D eigenvalue weighted by molar-refractivity contribution is 6.05. The highest BCUT2D eigenvalue weighted by Gasteiger charge is 2.11. The van der Waals surface area contributed by atoms with Gasteiger partial charge in [-0.3, -0.25) is 9.59 Å². The van der Waals surface area contributed by atoms with E-state index in [0.29, 0.717) is 0 Å². The van der Waals surface area contributed by atoms with Crippen molar-refractivity contribution in [1.82, 2.24) is 0 Å². The number of hydrogen-bond acceptors (Lipinski definition) is 4. The summed E-state index contributed by atoms with van der Waals surface area (Å²) in [6.45, 7) is 21.0. The normalized spacial score (nSPS) is 9.19. The Bertz CT molecular complexity index is 660. The largest absolute Gasteiger partial charge is 0.762 e. The first-order valence-corrected chi connectivity index (χ1v) is 10.4. The van der Waals surface area contributed by atoms with Gasteiger partial charge >= 0.3 is 0 Å². The predicted molar refractivity (Wildman–Crippen MR) is 129 cm³/mol. The van der Waals surface area contributed by atoms with Gasteiger partial charge < -0.3 is 31.3 Å². The van der Waals surface area contributed by atoms with Gasteiger partial charge in [-0.25, -0.2) is 11.7 Å². The van der Waals surface area contributed by atoms with E-state index in [0.717, 1.165) is 0 Å². The van der Waals surface area contributed by atoms with Crippen molar-refractivity contribution < 1.29 is 18.6 Å². The Balaban J connectivity index is -0.000000163. The Morgan fingerprint density at radius 1 is 0.656 bits per heavy atom. The summed E-state index contributed by atoms with van der Waals surface area (Å²) < 4.78 is 2.42. The predicted octanol–water partition coefficient (Wildman–Crippen LogP) is 1.31. The molecule has 0 aromatic rings. The van der Waals surface area contributed by atoms with Gasteiger partial charge in [-0.1, -0.05) is 0 Å². The highest BCUT2D eigenvalue weighted by Crippen LogP contribution is 1.98. The molecule has 0 fully saturated rings. The summed E-state index contributed by atoms with van der Waals surface area (Å²) in [5, 5.41) is 31.5. The average molecular weight is 449 g/mol. The summed E-state index contributed by atoms with van der Waals surface area (Å²) in [6, 6.07) is 2.66. The summed E-state index contributed by atoms with van der Waals surface area (Å²) in [4.78, 5) is 19.8. The Morgan fingerprint density at radius 3 is 0.844 bits per heavy atom. The molecule has 0 aliphatic heterocycles. The van der Waals surface area contributed by atoms with E-state index in [9.17, 15) is 9.59 Å². The minimum Gasteiger partial charge on any atom is -0.762 e. The van der Waals surface area contributed by atoms with E-state index in [4.69, 9.17) is 21.3 Å². The maximum absolute atomic E-state index is 9.90. The first kappa shape index (κ1) is 36.1. The minimum absolute atomic E-state index is 0.565. The molecule has 180 valence electrons.